The summed E-state index contributed by atoms with van der Waals surface area (Å²) in [6.45, 7) is 2.27. The van der Waals surface area contributed by atoms with Gasteiger partial charge in [-0.3, -0.25) is 0 Å². The van der Waals surface area contributed by atoms with Crippen molar-refractivity contribution in [3.63, 3.8) is 0 Å². The highest BCUT2D eigenvalue weighted by molar-refractivity contribution is 7.07. The van der Waals surface area contributed by atoms with Gasteiger partial charge in [-0.25, -0.2) is 18.6 Å². The number of halogens is 2. The van der Waals surface area contributed by atoms with Gasteiger partial charge in [0.2, 0.25) is 0 Å². The molecule has 2 heterocycles. The number of carbonyl (C=O) groups is 1. The lowest BCUT2D eigenvalue weighted by Gasteiger charge is -2.38. The molecule has 1 fully saturated rings. The number of rotatable bonds is 10. The van der Waals surface area contributed by atoms with Gasteiger partial charge in [0, 0.05) is 18.5 Å². The molecule has 1 aliphatic heterocycles. The summed E-state index contributed by atoms with van der Waals surface area (Å²) >= 11 is 1.46. The van der Waals surface area contributed by atoms with E-state index in [-0.39, 0.29) is 30.3 Å². The Bertz CT molecular complexity index is 1050. The number of amides is 1. The minimum atomic E-state index is -0.344. The third-order valence-corrected chi connectivity index (χ3v) is 6.75. The topological polar surface area (TPSA) is 60.9 Å². The van der Waals surface area contributed by atoms with Crippen molar-refractivity contribution >= 4 is 17.4 Å². The van der Waals surface area contributed by atoms with E-state index in [1.54, 1.807) is 34.7 Å². The predicted octanol–water partition coefficient (Wildman–Crippen LogP) is 5.93. The van der Waals surface area contributed by atoms with Crippen LogP contribution < -0.4 is 9.47 Å². The molecule has 9 heteroatoms. The van der Waals surface area contributed by atoms with Crippen LogP contribution in [0.1, 0.15) is 25.0 Å². The summed E-state index contributed by atoms with van der Waals surface area (Å²) in [5.41, 5.74) is 2.44. The van der Waals surface area contributed by atoms with Crippen molar-refractivity contribution in [3.8, 4) is 11.5 Å². The van der Waals surface area contributed by atoms with Crippen LogP contribution >= 0.6 is 11.3 Å². The lowest BCUT2D eigenvalue weighted by molar-refractivity contribution is 0.0530. The summed E-state index contributed by atoms with van der Waals surface area (Å²) in [4.78, 5) is 18.5. The minimum absolute atomic E-state index is 0.159. The van der Waals surface area contributed by atoms with Crippen molar-refractivity contribution in [2.24, 2.45) is 11.8 Å². The molecule has 2 aromatic carbocycles. The van der Waals surface area contributed by atoms with Crippen LogP contribution in [0.3, 0.4) is 0 Å². The summed E-state index contributed by atoms with van der Waals surface area (Å²) in [6, 6.07) is 11.9. The molecule has 2 atom stereocenters. The highest BCUT2D eigenvalue weighted by Gasteiger charge is 2.32. The van der Waals surface area contributed by atoms with Gasteiger partial charge in [-0.05, 0) is 79.6 Å². The number of ether oxygens (including phenoxy) is 3. The number of benzene rings is 2. The molecular formula is C26H28F2N2O4S. The van der Waals surface area contributed by atoms with Gasteiger partial charge in [0.05, 0.1) is 24.4 Å². The van der Waals surface area contributed by atoms with Crippen molar-refractivity contribution < 1.29 is 27.8 Å². The van der Waals surface area contributed by atoms with Gasteiger partial charge in [-0.2, -0.15) is 0 Å². The summed E-state index contributed by atoms with van der Waals surface area (Å²) in [7, 11) is 0. The molecule has 0 bridgehead atoms. The van der Waals surface area contributed by atoms with Crippen LogP contribution in [0.25, 0.3) is 0 Å². The summed E-state index contributed by atoms with van der Waals surface area (Å²) in [6.07, 6.45) is 2.01. The van der Waals surface area contributed by atoms with Crippen molar-refractivity contribution in [2.45, 2.75) is 25.9 Å². The molecule has 1 amide bonds. The fraction of sp³-hybridized carbons (Fsp3) is 0.385. The number of nitrogens with zero attached hydrogens (tertiary/aromatic N) is 2. The normalized spacial score (nSPS) is 17.7. The lowest BCUT2D eigenvalue weighted by Crippen LogP contribution is -2.44. The maximum absolute atomic E-state index is 13.1. The minimum Gasteiger partial charge on any atom is -0.494 e. The van der Waals surface area contributed by atoms with Crippen molar-refractivity contribution in [3.05, 3.63) is 76.7 Å². The highest BCUT2D eigenvalue weighted by atomic mass is 32.1. The van der Waals surface area contributed by atoms with E-state index >= 15 is 0 Å². The molecule has 0 saturated carbocycles. The summed E-state index contributed by atoms with van der Waals surface area (Å²) in [5.74, 6) is 1.15. The average molecular weight is 503 g/mol. The first-order valence-electron chi connectivity index (χ1n) is 11.6. The molecule has 35 heavy (non-hydrogen) atoms. The van der Waals surface area contributed by atoms with Gasteiger partial charge in [-0.1, -0.05) is 0 Å². The van der Waals surface area contributed by atoms with Crippen LogP contribution in [0, 0.1) is 23.5 Å². The number of likely N-dealkylation sites (tertiary alicyclic amines) is 1. The van der Waals surface area contributed by atoms with E-state index in [0.29, 0.717) is 43.7 Å². The Morgan fingerprint density at radius 2 is 1.54 bits per heavy atom. The SMILES string of the molecule is O=C(OCc1cscn1)N1CCC(CCOc2ccc(F)cc2)C(CCOc2ccc(F)cc2)C1. The van der Waals surface area contributed by atoms with Crippen LogP contribution in [0.4, 0.5) is 13.6 Å². The molecule has 0 radical (unpaired) electrons. The maximum Gasteiger partial charge on any atom is 0.410 e. The van der Waals surface area contributed by atoms with E-state index in [9.17, 15) is 13.6 Å². The molecule has 4 rings (SSSR count). The van der Waals surface area contributed by atoms with Gasteiger partial charge in [0.1, 0.15) is 29.7 Å². The monoisotopic (exact) mass is 502 g/mol. The molecular weight excluding hydrogens is 474 g/mol. The first-order chi connectivity index (χ1) is 17.1. The van der Waals surface area contributed by atoms with E-state index < -0.39 is 0 Å². The second-order valence-electron chi connectivity index (χ2n) is 8.47. The predicted molar refractivity (Wildman–Crippen MR) is 128 cm³/mol. The molecule has 0 aliphatic carbocycles. The first-order valence-corrected chi connectivity index (χ1v) is 12.6. The quantitative estimate of drug-likeness (QED) is 0.344. The maximum atomic E-state index is 13.1. The zero-order valence-corrected chi connectivity index (χ0v) is 20.1. The molecule has 3 aromatic rings. The molecule has 1 saturated heterocycles. The Morgan fingerprint density at radius 1 is 0.943 bits per heavy atom. The molecule has 0 N–H and O–H groups in total. The average Bonchev–Trinajstić information content (AvgIpc) is 3.39. The fourth-order valence-corrected chi connectivity index (χ4v) is 4.75. The van der Waals surface area contributed by atoms with Crippen LogP contribution in [-0.4, -0.2) is 42.3 Å². The second-order valence-corrected chi connectivity index (χ2v) is 9.19. The lowest BCUT2D eigenvalue weighted by atomic mass is 9.81. The summed E-state index contributed by atoms with van der Waals surface area (Å²) in [5, 5.41) is 1.86. The number of carbonyl (C=O) groups excluding carboxylic acids is 1. The number of aromatic nitrogens is 1. The van der Waals surface area contributed by atoms with Crippen LogP contribution in [0.15, 0.2) is 59.4 Å². The Balaban J connectivity index is 1.31. The smallest absolute Gasteiger partial charge is 0.410 e. The number of hydrogen-bond acceptors (Lipinski definition) is 6. The standard InChI is InChI=1S/C26H28F2N2O4S/c27-21-1-5-24(6-2-21)32-13-10-19-9-12-30(26(31)34-16-23-17-35-18-29-23)15-20(19)11-14-33-25-7-3-22(28)4-8-25/h1-8,17-20H,9-16H2. The van der Waals surface area contributed by atoms with E-state index in [2.05, 4.69) is 4.98 Å². The third-order valence-electron chi connectivity index (χ3n) is 6.12. The molecule has 2 unspecified atom stereocenters. The molecule has 1 aromatic heterocycles. The largest absolute Gasteiger partial charge is 0.494 e. The Morgan fingerprint density at radius 3 is 2.11 bits per heavy atom. The van der Waals surface area contributed by atoms with Crippen LogP contribution in [-0.2, 0) is 11.3 Å². The van der Waals surface area contributed by atoms with Gasteiger partial charge in [0.15, 0.2) is 0 Å². The van der Waals surface area contributed by atoms with Gasteiger partial charge >= 0.3 is 6.09 Å². The van der Waals surface area contributed by atoms with Crippen molar-refractivity contribution in [1.82, 2.24) is 9.88 Å². The van der Waals surface area contributed by atoms with E-state index in [0.717, 1.165) is 25.0 Å². The van der Waals surface area contributed by atoms with Crippen molar-refractivity contribution in [2.75, 3.05) is 26.3 Å². The molecule has 186 valence electrons. The Kier molecular flexibility index (Phi) is 8.89. The number of thiazole rings is 1. The number of piperidine rings is 1. The van der Waals surface area contributed by atoms with E-state index in [1.165, 1.54) is 35.6 Å². The molecule has 1 aliphatic rings. The highest BCUT2D eigenvalue weighted by Crippen LogP contribution is 2.30. The van der Waals surface area contributed by atoms with Gasteiger partial charge in [-0.15, -0.1) is 11.3 Å². The Labute approximate surface area is 207 Å². The van der Waals surface area contributed by atoms with Crippen LogP contribution in [0.5, 0.6) is 11.5 Å². The van der Waals surface area contributed by atoms with E-state index in [1.807, 2.05) is 5.38 Å². The second kappa shape index (κ2) is 12.5. The summed E-state index contributed by atoms with van der Waals surface area (Å²) < 4.78 is 43.3. The first kappa shape index (κ1) is 24.9. The molecule has 0 spiro atoms. The fourth-order valence-electron chi connectivity index (χ4n) is 4.21. The van der Waals surface area contributed by atoms with Crippen LogP contribution in [0.2, 0.25) is 0 Å². The van der Waals surface area contributed by atoms with Gasteiger partial charge in [0.25, 0.3) is 0 Å². The third kappa shape index (κ3) is 7.65. The van der Waals surface area contributed by atoms with Crippen molar-refractivity contribution in [1.29, 1.82) is 0 Å². The van der Waals surface area contributed by atoms with E-state index in [4.69, 9.17) is 14.2 Å². The van der Waals surface area contributed by atoms with Gasteiger partial charge < -0.3 is 19.1 Å². The zero-order chi connectivity index (χ0) is 24.5. The molecule has 6 nitrogen and oxygen atoms in total. The Hall–Kier alpha value is -3.20. The zero-order valence-electron chi connectivity index (χ0n) is 19.3. The number of hydrogen-bond donors (Lipinski definition) is 0.